The van der Waals surface area contributed by atoms with E-state index in [1.54, 1.807) is 0 Å². The van der Waals surface area contributed by atoms with Crippen LogP contribution in [0.25, 0.3) is 0 Å². The van der Waals surface area contributed by atoms with Crippen LogP contribution in [0.3, 0.4) is 0 Å². The first-order valence-electron chi connectivity index (χ1n) is 7.70. The van der Waals surface area contributed by atoms with E-state index in [0.29, 0.717) is 24.2 Å². The SMILES string of the molecule is CC1CN(C(=O)CC(C)C2CCCNC2)CC(C)O1.Cl. The zero-order valence-electron chi connectivity index (χ0n) is 12.9. The number of halogens is 1. The first kappa shape index (κ1) is 17.7. The lowest BCUT2D eigenvalue weighted by Gasteiger charge is -2.36. The molecule has 1 N–H and O–H groups in total. The van der Waals surface area contributed by atoms with Crippen molar-refractivity contribution in [2.45, 2.75) is 52.2 Å². The predicted molar refractivity (Wildman–Crippen MR) is 83.2 cm³/mol. The average molecular weight is 305 g/mol. The summed E-state index contributed by atoms with van der Waals surface area (Å²) in [6.07, 6.45) is 3.52. The number of carbonyl (C=O) groups is 1. The van der Waals surface area contributed by atoms with Crippen molar-refractivity contribution in [2.24, 2.45) is 11.8 Å². The second kappa shape index (κ2) is 8.20. The van der Waals surface area contributed by atoms with Crippen LogP contribution in [0, 0.1) is 11.8 Å². The Bertz CT molecular complexity index is 298. The first-order chi connectivity index (χ1) is 9.06. The molecule has 118 valence electrons. The Morgan fingerprint density at radius 3 is 2.55 bits per heavy atom. The highest BCUT2D eigenvalue weighted by atomic mass is 35.5. The highest BCUT2D eigenvalue weighted by Crippen LogP contribution is 2.24. The summed E-state index contributed by atoms with van der Waals surface area (Å²) in [5.74, 6) is 1.45. The van der Waals surface area contributed by atoms with E-state index in [9.17, 15) is 4.79 Å². The minimum Gasteiger partial charge on any atom is -0.372 e. The van der Waals surface area contributed by atoms with Gasteiger partial charge in [0.15, 0.2) is 0 Å². The van der Waals surface area contributed by atoms with Crippen LogP contribution in [0.4, 0.5) is 0 Å². The van der Waals surface area contributed by atoms with Gasteiger partial charge < -0.3 is 15.0 Å². The smallest absolute Gasteiger partial charge is 0.223 e. The van der Waals surface area contributed by atoms with Gasteiger partial charge in [-0.3, -0.25) is 4.79 Å². The van der Waals surface area contributed by atoms with Crippen LogP contribution < -0.4 is 5.32 Å². The molecular formula is C15H29ClN2O2. The number of amides is 1. The van der Waals surface area contributed by atoms with Crippen LogP contribution in [0.1, 0.15) is 40.0 Å². The average Bonchev–Trinajstić information content (AvgIpc) is 2.38. The summed E-state index contributed by atoms with van der Waals surface area (Å²) in [7, 11) is 0. The molecule has 2 saturated heterocycles. The topological polar surface area (TPSA) is 41.6 Å². The van der Waals surface area contributed by atoms with Crippen molar-refractivity contribution in [1.82, 2.24) is 10.2 Å². The molecule has 0 spiro atoms. The Hall–Kier alpha value is -0.320. The van der Waals surface area contributed by atoms with Crippen LogP contribution in [0.15, 0.2) is 0 Å². The molecule has 4 unspecified atom stereocenters. The summed E-state index contributed by atoms with van der Waals surface area (Å²) >= 11 is 0. The number of morpholine rings is 1. The Kier molecular flexibility index (Phi) is 7.27. The van der Waals surface area contributed by atoms with E-state index in [0.717, 1.165) is 26.2 Å². The number of carbonyl (C=O) groups excluding carboxylic acids is 1. The molecule has 0 bridgehead atoms. The second-order valence-electron chi connectivity index (χ2n) is 6.34. The zero-order valence-corrected chi connectivity index (χ0v) is 13.7. The summed E-state index contributed by atoms with van der Waals surface area (Å²) in [6.45, 7) is 10.0. The molecule has 0 aliphatic carbocycles. The summed E-state index contributed by atoms with van der Waals surface area (Å²) in [5.41, 5.74) is 0. The van der Waals surface area contributed by atoms with Gasteiger partial charge in [0.25, 0.3) is 0 Å². The largest absolute Gasteiger partial charge is 0.372 e. The zero-order chi connectivity index (χ0) is 13.8. The van der Waals surface area contributed by atoms with Crippen LogP contribution in [0.2, 0.25) is 0 Å². The fourth-order valence-corrected chi connectivity index (χ4v) is 3.32. The minimum atomic E-state index is 0. The number of ether oxygens (including phenoxy) is 1. The monoisotopic (exact) mass is 304 g/mol. The molecule has 2 aliphatic heterocycles. The number of nitrogens with one attached hydrogen (secondary N) is 1. The number of hydrogen-bond donors (Lipinski definition) is 1. The van der Waals surface area contributed by atoms with Crippen LogP contribution >= 0.6 is 12.4 Å². The summed E-state index contributed by atoms with van der Waals surface area (Å²) < 4.78 is 5.68. The van der Waals surface area contributed by atoms with Crippen molar-refractivity contribution < 1.29 is 9.53 Å². The quantitative estimate of drug-likeness (QED) is 0.868. The molecule has 2 aliphatic rings. The standard InChI is InChI=1S/C15H28N2O2.ClH/c1-11(14-5-4-6-16-8-14)7-15(18)17-9-12(2)19-13(3)10-17;/h11-14,16H,4-10H2,1-3H3;1H. The molecule has 4 nitrogen and oxygen atoms in total. The Labute approximate surface area is 129 Å². The third-order valence-electron chi connectivity index (χ3n) is 4.41. The molecule has 1 amide bonds. The number of nitrogens with zero attached hydrogens (tertiary/aromatic N) is 1. The van der Waals surface area contributed by atoms with Crippen LogP contribution in [-0.2, 0) is 9.53 Å². The van der Waals surface area contributed by atoms with Crippen molar-refractivity contribution in [3.05, 3.63) is 0 Å². The molecule has 5 heteroatoms. The van der Waals surface area contributed by atoms with Crippen molar-refractivity contribution in [2.75, 3.05) is 26.2 Å². The molecule has 0 aromatic rings. The van der Waals surface area contributed by atoms with Gasteiger partial charge in [-0.05, 0) is 51.6 Å². The van der Waals surface area contributed by atoms with E-state index < -0.39 is 0 Å². The molecule has 20 heavy (non-hydrogen) atoms. The van der Waals surface area contributed by atoms with E-state index in [1.165, 1.54) is 12.8 Å². The lowest BCUT2D eigenvalue weighted by Crippen LogP contribution is -2.48. The molecule has 0 aromatic carbocycles. The van der Waals surface area contributed by atoms with Gasteiger partial charge in [0.1, 0.15) is 0 Å². The number of piperidine rings is 1. The fourth-order valence-electron chi connectivity index (χ4n) is 3.32. The number of hydrogen-bond acceptors (Lipinski definition) is 3. The van der Waals surface area contributed by atoms with E-state index in [4.69, 9.17) is 4.74 Å². The molecule has 0 saturated carbocycles. The summed E-state index contributed by atoms with van der Waals surface area (Å²) in [5, 5.41) is 3.44. The maximum atomic E-state index is 12.4. The second-order valence-corrected chi connectivity index (χ2v) is 6.34. The fraction of sp³-hybridized carbons (Fsp3) is 0.933. The maximum Gasteiger partial charge on any atom is 0.223 e. The van der Waals surface area contributed by atoms with E-state index >= 15 is 0 Å². The normalized spacial score (nSPS) is 32.4. The molecule has 0 aromatic heterocycles. The molecule has 0 radical (unpaired) electrons. The lowest BCUT2D eigenvalue weighted by atomic mass is 9.85. The van der Waals surface area contributed by atoms with Gasteiger partial charge in [0.2, 0.25) is 5.91 Å². The summed E-state index contributed by atoms with van der Waals surface area (Å²) in [4.78, 5) is 14.4. The third-order valence-corrected chi connectivity index (χ3v) is 4.41. The Balaban J connectivity index is 0.00000200. The van der Waals surface area contributed by atoms with Crippen LogP contribution in [0.5, 0.6) is 0 Å². The first-order valence-corrected chi connectivity index (χ1v) is 7.70. The van der Waals surface area contributed by atoms with E-state index in [-0.39, 0.29) is 24.6 Å². The maximum absolute atomic E-state index is 12.4. The Morgan fingerprint density at radius 1 is 1.35 bits per heavy atom. The number of rotatable bonds is 3. The van der Waals surface area contributed by atoms with Gasteiger partial charge in [-0.15, -0.1) is 12.4 Å². The highest BCUT2D eigenvalue weighted by molar-refractivity contribution is 5.85. The Morgan fingerprint density at radius 2 is 2.00 bits per heavy atom. The molecule has 2 fully saturated rings. The minimum absolute atomic E-state index is 0. The highest BCUT2D eigenvalue weighted by Gasteiger charge is 2.28. The predicted octanol–water partition coefficient (Wildman–Crippen LogP) is 2.07. The molecule has 2 heterocycles. The van der Waals surface area contributed by atoms with Gasteiger partial charge in [-0.2, -0.15) is 0 Å². The van der Waals surface area contributed by atoms with Gasteiger partial charge in [0.05, 0.1) is 12.2 Å². The van der Waals surface area contributed by atoms with E-state index in [1.807, 2.05) is 18.7 Å². The third kappa shape index (κ3) is 4.90. The van der Waals surface area contributed by atoms with Crippen molar-refractivity contribution in [3.8, 4) is 0 Å². The van der Waals surface area contributed by atoms with Gasteiger partial charge in [-0.25, -0.2) is 0 Å². The van der Waals surface area contributed by atoms with Crippen molar-refractivity contribution in [3.63, 3.8) is 0 Å². The van der Waals surface area contributed by atoms with Crippen molar-refractivity contribution >= 4 is 18.3 Å². The van der Waals surface area contributed by atoms with Gasteiger partial charge in [-0.1, -0.05) is 6.92 Å². The molecule has 2 rings (SSSR count). The van der Waals surface area contributed by atoms with Crippen molar-refractivity contribution in [1.29, 1.82) is 0 Å². The van der Waals surface area contributed by atoms with Crippen LogP contribution in [-0.4, -0.2) is 49.2 Å². The molecule has 4 atom stereocenters. The van der Waals surface area contributed by atoms with Gasteiger partial charge >= 0.3 is 0 Å². The van der Waals surface area contributed by atoms with E-state index in [2.05, 4.69) is 12.2 Å². The lowest BCUT2D eigenvalue weighted by molar-refractivity contribution is -0.144. The molecular weight excluding hydrogens is 276 g/mol. The van der Waals surface area contributed by atoms with Gasteiger partial charge in [0, 0.05) is 19.5 Å². The summed E-state index contributed by atoms with van der Waals surface area (Å²) in [6, 6.07) is 0.